The van der Waals surface area contributed by atoms with Gasteiger partial charge in [-0.3, -0.25) is 9.69 Å². The van der Waals surface area contributed by atoms with Gasteiger partial charge in [-0.15, -0.1) is 0 Å². The number of rotatable bonds is 7. The molecule has 3 rings (SSSR count). The lowest BCUT2D eigenvalue weighted by Gasteiger charge is -2.37. The molecule has 1 aliphatic rings. The van der Waals surface area contributed by atoms with Gasteiger partial charge in [-0.2, -0.15) is 0 Å². The summed E-state index contributed by atoms with van der Waals surface area (Å²) < 4.78 is 16.0. The lowest BCUT2D eigenvalue weighted by molar-refractivity contribution is -0.125. The molecule has 0 bridgehead atoms. The van der Waals surface area contributed by atoms with E-state index in [1.54, 1.807) is 20.1 Å². The summed E-state index contributed by atoms with van der Waals surface area (Å²) in [5.74, 6) is 0.956. The van der Waals surface area contributed by atoms with E-state index in [0.29, 0.717) is 37.9 Å². The number of anilines is 1. The number of nitrogens with zero attached hydrogens (tertiary/aromatic N) is 2. The number of hydrogen-bond acceptors (Lipinski definition) is 6. The Labute approximate surface area is 153 Å². The number of aryl methyl sites for hydroxylation is 1. The lowest BCUT2D eigenvalue weighted by atomic mass is 10.0. The highest BCUT2D eigenvalue weighted by Crippen LogP contribution is 2.25. The third-order valence-corrected chi connectivity index (χ3v) is 4.42. The average Bonchev–Trinajstić information content (AvgIpc) is 3.06. The second kappa shape index (κ2) is 8.93. The molecule has 1 saturated heterocycles. The highest BCUT2D eigenvalue weighted by Gasteiger charge is 2.32. The third-order valence-electron chi connectivity index (χ3n) is 4.42. The molecule has 1 aromatic heterocycles. The van der Waals surface area contributed by atoms with Crippen LogP contribution in [-0.4, -0.2) is 55.5 Å². The Morgan fingerprint density at radius 1 is 1.42 bits per heavy atom. The van der Waals surface area contributed by atoms with Crippen LogP contribution in [0.4, 0.5) is 5.82 Å². The van der Waals surface area contributed by atoms with Crippen molar-refractivity contribution < 1.29 is 18.8 Å². The molecule has 7 heteroatoms. The van der Waals surface area contributed by atoms with Crippen molar-refractivity contribution in [3.8, 4) is 0 Å². The quantitative estimate of drug-likeness (QED) is 0.818. The molecule has 140 valence electrons. The highest BCUT2D eigenvalue weighted by molar-refractivity contribution is 5.94. The lowest BCUT2D eigenvalue weighted by Crippen LogP contribution is -2.47. The zero-order valence-electron chi connectivity index (χ0n) is 15.2. The predicted molar refractivity (Wildman–Crippen MR) is 96.9 cm³/mol. The Kier molecular flexibility index (Phi) is 6.38. The third kappa shape index (κ3) is 4.69. The van der Waals surface area contributed by atoms with Crippen LogP contribution in [0.25, 0.3) is 0 Å². The molecule has 0 saturated carbocycles. The Bertz CT molecular complexity index is 704. The van der Waals surface area contributed by atoms with Crippen LogP contribution in [0.15, 0.2) is 40.9 Å². The molecule has 2 heterocycles. The Balaban J connectivity index is 1.78. The number of amides is 1. The molecule has 0 spiro atoms. The van der Waals surface area contributed by atoms with E-state index in [2.05, 4.69) is 15.4 Å². The summed E-state index contributed by atoms with van der Waals surface area (Å²) in [6, 6.07) is 11.1. The summed E-state index contributed by atoms with van der Waals surface area (Å²) in [4.78, 5) is 15.2. The number of methoxy groups -OCH3 is 1. The summed E-state index contributed by atoms with van der Waals surface area (Å²) >= 11 is 0. The highest BCUT2D eigenvalue weighted by atomic mass is 16.5. The molecule has 1 amide bonds. The van der Waals surface area contributed by atoms with Crippen LogP contribution >= 0.6 is 0 Å². The number of hydrogen-bond donors (Lipinski definition) is 1. The molecule has 1 aliphatic heterocycles. The molecular formula is C19H25N3O4. The first-order valence-electron chi connectivity index (χ1n) is 8.81. The van der Waals surface area contributed by atoms with Crippen molar-refractivity contribution >= 4 is 11.7 Å². The van der Waals surface area contributed by atoms with E-state index in [1.165, 1.54) is 0 Å². The Hall–Kier alpha value is -2.22. The minimum absolute atomic E-state index is 0.0528. The summed E-state index contributed by atoms with van der Waals surface area (Å²) in [6.07, 6.45) is 0.857. The van der Waals surface area contributed by atoms with Gasteiger partial charge < -0.3 is 19.3 Å². The van der Waals surface area contributed by atoms with Crippen molar-refractivity contribution in [3.05, 3.63) is 47.7 Å². The van der Waals surface area contributed by atoms with Crippen LogP contribution in [-0.2, 0) is 14.3 Å². The molecule has 2 atom stereocenters. The molecule has 1 N–H and O–H groups in total. The van der Waals surface area contributed by atoms with Crippen molar-refractivity contribution in [2.24, 2.45) is 0 Å². The fraction of sp³-hybridized carbons (Fsp3) is 0.474. The van der Waals surface area contributed by atoms with E-state index < -0.39 is 6.04 Å². The summed E-state index contributed by atoms with van der Waals surface area (Å²) in [6.45, 7) is 4.38. The second-order valence-corrected chi connectivity index (χ2v) is 6.39. The van der Waals surface area contributed by atoms with Gasteiger partial charge in [0.05, 0.1) is 12.7 Å². The summed E-state index contributed by atoms with van der Waals surface area (Å²) in [7, 11) is 1.68. The Morgan fingerprint density at radius 2 is 2.23 bits per heavy atom. The monoisotopic (exact) mass is 359 g/mol. The number of carbonyl (C=O) groups is 1. The summed E-state index contributed by atoms with van der Waals surface area (Å²) in [5.41, 5.74) is 0.942. The van der Waals surface area contributed by atoms with Gasteiger partial charge in [0.25, 0.3) is 0 Å². The topological polar surface area (TPSA) is 76.8 Å². The predicted octanol–water partition coefficient (Wildman–Crippen LogP) is 2.40. The second-order valence-electron chi connectivity index (χ2n) is 6.39. The largest absolute Gasteiger partial charge is 0.385 e. The van der Waals surface area contributed by atoms with Crippen LogP contribution in [0, 0.1) is 6.92 Å². The fourth-order valence-electron chi connectivity index (χ4n) is 3.18. The Morgan fingerprint density at radius 3 is 2.92 bits per heavy atom. The zero-order chi connectivity index (χ0) is 18.4. The SMILES string of the molecule is COCCC1CN(C(C(=O)Nc2cc(C)on2)c2ccccc2)CCO1. The van der Waals surface area contributed by atoms with Gasteiger partial charge in [0.1, 0.15) is 11.8 Å². The number of carbonyl (C=O) groups excluding carboxylic acids is 1. The number of aromatic nitrogens is 1. The molecule has 7 nitrogen and oxygen atoms in total. The minimum atomic E-state index is -0.415. The minimum Gasteiger partial charge on any atom is -0.385 e. The molecule has 1 aromatic carbocycles. The molecule has 26 heavy (non-hydrogen) atoms. The maximum atomic E-state index is 13.0. The van der Waals surface area contributed by atoms with Crippen LogP contribution in [0.5, 0.6) is 0 Å². The zero-order valence-corrected chi connectivity index (χ0v) is 15.2. The molecule has 2 unspecified atom stereocenters. The van der Waals surface area contributed by atoms with Crippen molar-refractivity contribution in [2.75, 3.05) is 38.7 Å². The van der Waals surface area contributed by atoms with E-state index in [4.69, 9.17) is 14.0 Å². The van der Waals surface area contributed by atoms with Crippen molar-refractivity contribution in [2.45, 2.75) is 25.5 Å². The van der Waals surface area contributed by atoms with E-state index in [-0.39, 0.29) is 12.0 Å². The van der Waals surface area contributed by atoms with Gasteiger partial charge in [0, 0.05) is 32.9 Å². The van der Waals surface area contributed by atoms with Crippen LogP contribution < -0.4 is 5.32 Å². The first kappa shape index (κ1) is 18.6. The number of benzene rings is 1. The van der Waals surface area contributed by atoms with E-state index in [1.807, 2.05) is 30.3 Å². The van der Waals surface area contributed by atoms with Crippen LogP contribution in [0.3, 0.4) is 0 Å². The molecule has 0 radical (unpaired) electrons. The van der Waals surface area contributed by atoms with E-state index in [0.717, 1.165) is 12.0 Å². The average molecular weight is 359 g/mol. The van der Waals surface area contributed by atoms with E-state index >= 15 is 0 Å². The van der Waals surface area contributed by atoms with Gasteiger partial charge >= 0.3 is 0 Å². The van der Waals surface area contributed by atoms with Crippen molar-refractivity contribution in [1.29, 1.82) is 0 Å². The normalized spacial score (nSPS) is 19.2. The molecule has 1 fully saturated rings. The van der Waals surface area contributed by atoms with E-state index in [9.17, 15) is 4.79 Å². The van der Waals surface area contributed by atoms with Gasteiger partial charge in [0.15, 0.2) is 5.82 Å². The van der Waals surface area contributed by atoms with Gasteiger partial charge in [0.2, 0.25) is 5.91 Å². The molecule has 2 aromatic rings. The fourth-order valence-corrected chi connectivity index (χ4v) is 3.18. The molecular weight excluding hydrogens is 334 g/mol. The van der Waals surface area contributed by atoms with Crippen LogP contribution in [0.2, 0.25) is 0 Å². The number of nitrogens with one attached hydrogen (secondary N) is 1. The van der Waals surface area contributed by atoms with Crippen molar-refractivity contribution in [1.82, 2.24) is 10.1 Å². The van der Waals surface area contributed by atoms with Gasteiger partial charge in [-0.1, -0.05) is 35.5 Å². The standard InChI is InChI=1S/C19H25N3O4/c1-14-12-17(21-26-14)20-19(23)18(15-6-4-3-5-7-15)22-9-11-25-16(13-22)8-10-24-2/h3-7,12,16,18H,8-11,13H2,1-2H3,(H,20,21,23). The maximum absolute atomic E-state index is 13.0. The first-order chi connectivity index (χ1) is 12.7. The summed E-state index contributed by atoms with van der Waals surface area (Å²) in [5, 5.41) is 6.73. The smallest absolute Gasteiger partial charge is 0.247 e. The van der Waals surface area contributed by atoms with Crippen LogP contribution in [0.1, 0.15) is 23.8 Å². The molecule has 0 aliphatic carbocycles. The maximum Gasteiger partial charge on any atom is 0.247 e. The van der Waals surface area contributed by atoms with Gasteiger partial charge in [-0.05, 0) is 18.9 Å². The number of ether oxygens (including phenoxy) is 2. The first-order valence-corrected chi connectivity index (χ1v) is 8.81. The number of morpholine rings is 1. The van der Waals surface area contributed by atoms with Crippen molar-refractivity contribution in [3.63, 3.8) is 0 Å². The van der Waals surface area contributed by atoms with Gasteiger partial charge in [-0.25, -0.2) is 0 Å².